The number of carbonyl (C=O) groups excluding carboxylic acids is 1. The van der Waals surface area contributed by atoms with Crippen LogP contribution in [-0.2, 0) is 0 Å². The Balaban J connectivity index is 2.10. The molecular formula is C19H18Cl3N3O2S. The molecule has 5 nitrogen and oxygen atoms in total. The average Bonchev–Trinajstić information content (AvgIpc) is 3.10. The Bertz CT molecular complexity index is 1020. The van der Waals surface area contributed by atoms with Gasteiger partial charge in [0.05, 0.1) is 27.4 Å². The Morgan fingerprint density at radius 3 is 2.50 bits per heavy atom. The Morgan fingerprint density at radius 1 is 1.11 bits per heavy atom. The molecule has 2 aromatic carbocycles. The highest BCUT2D eigenvalue weighted by molar-refractivity contribution is 7.23. The van der Waals surface area contributed by atoms with Gasteiger partial charge in [-0.25, -0.2) is 4.98 Å². The van der Waals surface area contributed by atoms with E-state index in [1.165, 1.54) is 11.3 Å². The highest BCUT2D eigenvalue weighted by Gasteiger charge is 2.25. The summed E-state index contributed by atoms with van der Waals surface area (Å²) in [5.74, 6) is 0.325. The first-order valence-electron chi connectivity index (χ1n) is 8.36. The molecule has 1 heterocycles. The van der Waals surface area contributed by atoms with Crippen molar-refractivity contribution in [3.63, 3.8) is 0 Å². The van der Waals surface area contributed by atoms with Crippen molar-refractivity contribution in [1.29, 1.82) is 0 Å². The highest BCUT2D eigenvalue weighted by atomic mass is 35.5. The van der Waals surface area contributed by atoms with Crippen LogP contribution in [0.4, 0.5) is 5.13 Å². The molecule has 0 aliphatic carbocycles. The zero-order valence-electron chi connectivity index (χ0n) is 15.5. The molecular weight excluding hydrogens is 441 g/mol. The van der Waals surface area contributed by atoms with Crippen molar-refractivity contribution in [2.45, 2.75) is 0 Å². The van der Waals surface area contributed by atoms with Gasteiger partial charge in [-0.1, -0.05) is 46.1 Å². The van der Waals surface area contributed by atoms with Crippen LogP contribution < -0.4 is 9.64 Å². The smallest absolute Gasteiger partial charge is 0.261 e. The first-order valence-corrected chi connectivity index (χ1v) is 10.3. The van der Waals surface area contributed by atoms with Crippen molar-refractivity contribution in [2.75, 3.05) is 39.2 Å². The van der Waals surface area contributed by atoms with Crippen molar-refractivity contribution < 1.29 is 9.53 Å². The second kappa shape index (κ2) is 8.84. The number of carbonyl (C=O) groups is 1. The molecule has 148 valence electrons. The Hall–Kier alpha value is -1.57. The maximum Gasteiger partial charge on any atom is 0.261 e. The quantitative estimate of drug-likeness (QED) is 0.491. The van der Waals surface area contributed by atoms with E-state index in [-0.39, 0.29) is 5.91 Å². The van der Waals surface area contributed by atoms with Crippen molar-refractivity contribution >= 4 is 67.4 Å². The van der Waals surface area contributed by atoms with Crippen LogP contribution in [0.1, 0.15) is 10.4 Å². The number of ether oxygens (including phenoxy) is 1. The van der Waals surface area contributed by atoms with Crippen LogP contribution in [0.25, 0.3) is 10.2 Å². The van der Waals surface area contributed by atoms with Crippen LogP contribution in [0.5, 0.6) is 5.75 Å². The van der Waals surface area contributed by atoms with E-state index in [1.807, 2.05) is 19.0 Å². The lowest BCUT2D eigenvalue weighted by atomic mass is 10.2. The molecule has 0 bridgehead atoms. The van der Waals surface area contributed by atoms with Gasteiger partial charge in [-0.15, -0.1) is 0 Å². The molecule has 3 aromatic rings. The van der Waals surface area contributed by atoms with Crippen LogP contribution in [0, 0.1) is 0 Å². The third-order valence-corrected chi connectivity index (χ3v) is 6.18. The van der Waals surface area contributed by atoms with Crippen LogP contribution in [0.15, 0.2) is 30.3 Å². The van der Waals surface area contributed by atoms with Crippen molar-refractivity contribution in [3.8, 4) is 5.75 Å². The number of anilines is 1. The number of methoxy groups -OCH3 is 1. The summed E-state index contributed by atoms with van der Waals surface area (Å²) in [6.45, 7) is 1.07. The lowest BCUT2D eigenvalue weighted by molar-refractivity contribution is 0.0985. The summed E-state index contributed by atoms with van der Waals surface area (Å²) < 4.78 is 6.15. The molecule has 0 N–H and O–H groups in total. The molecule has 0 aliphatic heterocycles. The fourth-order valence-corrected chi connectivity index (χ4v) is 4.26. The van der Waals surface area contributed by atoms with E-state index in [9.17, 15) is 4.79 Å². The monoisotopic (exact) mass is 457 g/mol. The topological polar surface area (TPSA) is 45.7 Å². The van der Waals surface area contributed by atoms with Gasteiger partial charge in [-0.3, -0.25) is 9.69 Å². The van der Waals surface area contributed by atoms with Gasteiger partial charge >= 0.3 is 0 Å². The third-order valence-electron chi connectivity index (χ3n) is 4.07. The second-order valence-corrected chi connectivity index (χ2v) is 8.54. The minimum Gasteiger partial charge on any atom is -0.494 e. The van der Waals surface area contributed by atoms with E-state index in [0.29, 0.717) is 50.1 Å². The molecule has 0 fully saturated rings. The Kier molecular flexibility index (Phi) is 6.68. The van der Waals surface area contributed by atoms with E-state index in [4.69, 9.17) is 39.5 Å². The maximum atomic E-state index is 13.3. The normalized spacial score (nSPS) is 11.2. The molecule has 0 atom stereocenters. The summed E-state index contributed by atoms with van der Waals surface area (Å²) >= 11 is 20.0. The Morgan fingerprint density at radius 2 is 1.82 bits per heavy atom. The number of likely N-dealkylation sites (N-methyl/N-ethyl adjacent to an activating group) is 1. The summed E-state index contributed by atoms with van der Waals surface area (Å²) in [6.07, 6.45) is 0. The second-order valence-electron chi connectivity index (χ2n) is 6.31. The first kappa shape index (κ1) is 21.1. The molecule has 1 amide bonds. The molecule has 0 saturated carbocycles. The summed E-state index contributed by atoms with van der Waals surface area (Å²) in [4.78, 5) is 21.5. The molecule has 28 heavy (non-hydrogen) atoms. The number of hydrogen-bond acceptors (Lipinski definition) is 5. The fourth-order valence-electron chi connectivity index (χ4n) is 2.61. The number of halogens is 3. The molecule has 3 rings (SSSR count). The van der Waals surface area contributed by atoms with Crippen LogP contribution in [0.2, 0.25) is 15.1 Å². The third kappa shape index (κ3) is 4.36. The number of thiazole rings is 1. The van der Waals surface area contributed by atoms with Gasteiger partial charge in [-0.05, 0) is 44.4 Å². The lowest BCUT2D eigenvalue weighted by Gasteiger charge is -2.22. The van der Waals surface area contributed by atoms with E-state index in [0.717, 1.165) is 4.70 Å². The molecule has 9 heteroatoms. The van der Waals surface area contributed by atoms with Crippen LogP contribution in [-0.4, -0.2) is 50.1 Å². The number of rotatable bonds is 6. The predicted molar refractivity (Wildman–Crippen MR) is 118 cm³/mol. The van der Waals surface area contributed by atoms with Gasteiger partial charge in [0, 0.05) is 18.1 Å². The minimum absolute atomic E-state index is 0.275. The molecule has 0 saturated heterocycles. The first-order chi connectivity index (χ1) is 13.3. The minimum atomic E-state index is -0.275. The van der Waals surface area contributed by atoms with E-state index >= 15 is 0 Å². The van der Waals surface area contributed by atoms with Crippen LogP contribution in [0.3, 0.4) is 0 Å². The molecule has 0 radical (unpaired) electrons. The van der Waals surface area contributed by atoms with Gasteiger partial charge < -0.3 is 9.64 Å². The zero-order chi connectivity index (χ0) is 20.4. The van der Waals surface area contributed by atoms with Crippen molar-refractivity contribution in [1.82, 2.24) is 9.88 Å². The average molecular weight is 459 g/mol. The SMILES string of the molecule is COc1ccc(Cl)c2sc(N(CCN(C)C)C(=O)c3cc(Cl)ccc3Cl)nc12. The number of aromatic nitrogens is 1. The van der Waals surface area contributed by atoms with E-state index in [2.05, 4.69) is 4.98 Å². The summed E-state index contributed by atoms with van der Waals surface area (Å²) in [7, 11) is 5.45. The predicted octanol–water partition coefficient (Wildman–Crippen LogP) is 5.47. The number of amides is 1. The summed E-state index contributed by atoms with van der Waals surface area (Å²) in [5, 5.41) is 1.85. The molecule has 0 spiro atoms. The number of benzene rings is 2. The van der Waals surface area contributed by atoms with Crippen molar-refractivity contribution in [2.24, 2.45) is 0 Å². The van der Waals surface area contributed by atoms with Gasteiger partial charge in [0.25, 0.3) is 5.91 Å². The van der Waals surface area contributed by atoms with Gasteiger partial charge in [-0.2, -0.15) is 0 Å². The standard InChI is InChI=1S/C19H18Cl3N3O2S/c1-24(2)8-9-25(18(26)12-10-11(20)4-5-13(12)21)19-23-16-15(27-3)7-6-14(22)17(16)28-19/h4-7,10H,8-9H2,1-3H3. The van der Waals surface area contributed by atoms with Gasteiger partial charge in [0.15, 0.2) is 5.13 Å². The molecule has 1 aromatic heterocycles. The summed E-state index contributed by atoms with van der Waals surface area (Å²) in [5.41, 5.74) is 0.945. The van der Waals surface area contributed by atoms with Crippen LogP contribution >= 0.6 is 46.1 Å². The fraction of sp³-hybridized carbons (Fsp3) is 0.263. The lowest BCUT2D eigenvalue weighted by Crippen LogP contribution is -2.36. The van der Waals surface area contributed by atoms with E-state index < -0.39 is 0 Å². The number of nitrogens with zero attached hydrogens (tertiary/aromatic N) is 3. The summed E-state index contributed by atoms with van der Waals surface area (Å²) in [6, 6.07) is 8.33. The number of hydrogen-bond donors (Lipinski definition) is 0. The molecule has 0 aliphatic rings. The number of fused-ring (bicyclic) bond motifs is 1. The molecule has 0 unspecified atom stereocenters. The van der Waals surface area contributed by atoms with Gasteiger partial charge in [0.1, 0.15) is 11.3 Å². The maximum absolute atomic E-state index is 13.3. The van der Waals surface area contributed by atoms with Gasteiger partial charge in [0.2, 0.25) is 0 Å². The largest absolute Gasteiger partial charge is 0.494 e. The highest BCUT2D eigenvalue weighted by Crippen LogP contribution is 2.39. The zero-order valence-corrected chi connectivity index (χ0v) is 18.6. The van der Waals surface area contributed by atoms with E-state index in [1.54, 1.807) is 42.3 Å². The Labute approximate surface area is 182 Å². The van der Waals surface area contributed by atoms with Crippen molar-refractivity contribution in [3.05, 3.63) is 51.0 Å².